The Morgan fingerprint density at radius 2 is 2.12 bits per heavy atom. The molecule has 0 aliphatic rings. The summed E-state index contributed by atoms with van der Waals surface area (Å²) in [5.41, 5.74) is 1.75. The first-order chi connectivity index (χ1) is 7.90. The molecule has 0 amide bonds. The normalized spacial score (nSPS) is 10.8. The van der Waals surface area contributed by atoms with Crippen LogP contribution in [-0.2, 0) is 0 Å². The second kappa shape index (κ2) is 5.37. The van der Waals surface area contributed by atoms with E-state index in [9.17, 15) is 0 Å². The molecule has 90 valence electrons. The van der Waals surface area contributed by atoms with Crippen molar-refractivity contribution in [3.63, 3.8) is 0 Å². The van der Waals surface area contributed by atoms with Crippen LogP contribution in [0.5, 0.6) is 0 Å². The Labute approximate surface area is 112 Å². The van der Waals surface area contributed by atoms with Crippen LogP contribution in [0.4, 0.5) is 5.69 Å². The highest BCUT2D eigenvalue weighted by molar-refractivity contribution is 9.10. The molecule has 0 spiro atoms. The van der Waals surface area contributed by atoms with E-state index in [4.69, 9.17) is 5.26 Å². The molecule has 0 aliphatic heterocycles. The number of hydrogen-bond acceptors (Lipinski definition) is 2. The van der Waals surface area contributed by atoms with E-state index < -0.39 is 0 Å². The highest BCUT2D eigenvalue weighted by Gasteiger charge is 2.22. The Morgan fingerprint density at radius 3 is 2.53 bits per heavy atom. The summed E-state index contributed by atoms with van der Waals surface area (Å²) < 4.78 is 0.938. The predicted octanol–water partition coefficient (Wildman–Crippen LogP) is 4.11. The molecule has 0 radical (unpaired) electrons. The third-order valence-electron chi connectivity index (χ3n) is 2.49. The fourth-order valence-electron chi connectivity index (χ4n) is 1.66. The number of benzene rings is 1. The fourth-order valence-corrected chi connectivity index (χ4v) is 2.25. The maximum absolute atomic E-state index is 8.85. The third-order valence-corrected chi connectivity index (χ3v) is 3.12. The van der Waals surface area contributed by atoms with E-state index in [0.29, 0.717) is 5.56 Å². The van der Waals surface area contributed by atoms with E-state index in [0.717, 1.165) is 16.7 Å². The molecule has 1 aromatic carbocycles. The lowest BCUT2D eigenvalue weighted by molar-refractivity contribution is 0.521. The van der Waals surface area contributed by atoms with Gasteiger partial charge in [-0.25, -0.2) is 0 Å². The van der Waals surface area contributed by atoms with Crippen molar-refractivity contribution in [1.29, 1.82) is 5.26 Å². The summed E-state index contributed by atoms with van der Waals surface area (Å²) in [5, 5.41) is 8.85. The van der Waals surface area contributed by atoms with Crippen molar-refractivity contribution < 1.29 is 0 Å². The van der Waals surface area contributed by atoms with Crippen molar-refractivity contribution in [2.45, 2.75) is 26.3 Å². The minimum absolute atomic E-state index is 0.00483. The number of anilines is 1. The molecule has 0 saturated carbocycles. The third kappa shape index (κ3) is 3.34. The molecule has 0 heterocycles. The first-order valence-electron chi connectivity index (χ1n) is 5.48. The molecule has 0 saturated heterocycles. The summed E-state index contributed by atoms with van der Waals surface area (Å²) >= 11 is 3.52. The standard InChI is InChI=1S/C14H17BrN2/c1-5-8-17(14(2,3)4)13-7-6-11(10-16)9-12(13)15/h5-7,9H,1,8H2,2-4H3. The zero-order valence-corrected chi connectivity index (χ0v) is 12.1. The van der Waals surface area contributed by atoms with Crippen LogP contribution in [-0.4, -0.2) is 12.1 Å². The summed E-state index contributed by atoms with van der Waals surface area (Å²) in [4.78, 5) is 2.24. The lowest BCUT2D eigenvalue weighted by atomic mass is 10.0. The van der Waals surface area contributed by atoms with E-state index >= 15 is 0 Å². The molecule has 1 aromatic rings. The molecular weight excluding hydrogens is 276 g/mol. The molecule has 3 heteroatoms. The maximum atomic E-state index is 8.85. The van der Waals surface area contributed by atoms with Gasteiger partial charge < -0.3 is 4.90 Å². The molecule has 0 N–H and O–H groups in total. The molecule has 0 fully saturated rings. The highest BCUT2D eigenvalue weighted by atomic mass is 79.9. The number of nitrogens with zero attached hydrogens (tertiary/aromatic N) is 2. The minimum atomic E-state index is 0.00483. The predicted molar refractivity (Wildman–Crippen MR) is 76.2 cm³/mol. The Kier molecular flexibility index (Phi) is 4.36. The van der Waals surface area contributed by atoms with Crippen LogP contribution < -0.4 is 4.90 Å². The van der Waals surface area contributed by atoms with Crippen molar-refractivity contribution in [2.24, 2.45) is 0 Å². The van der Waals surface area contributed by atoms with Gasteiger partial charge in [-0.15, -0.1) is 6.58 Å². The highest BCUT2D eigenvalue weighted by Crippen LogP contribution is 2.31. The average molecular weight is 293 g/mol. The van der Waals surface area contributed by atoms with Gasteiger partial charge in [-0.3, -0.25) is 0 Å². The lowest BCUT2D eigenvalue weighted by Gasteiger charge is -2.37. The maximum Gasteiger partial charge on any atom is 0.0992 e. The Balaban J connectivity index is 3.20. The van der Waals surface area contributed by atoms with Crippen LogP contribution in [0.25, 0.3) is 0 Å². The Bertz CT molecular complexity index is 452. The van der Waals surface area contributed by atoms with Crippen LogP contribution in [0.3, 0.4) is 0 Å². The Hall–Kier alpha value is -1.27. The molecule has 0 aromatic heterocycles. The second-order valence-electron chi connectivity index (χ2n) is 4.85. The van der Waals surface area contributed by atoms with Crippen molar-refractivity contribution in [3.05, 3.63) is 40.9 Å². The molecular formula is C14H17BrN2. The smallest absolute Gasteiger partial charge is 0.0992 e. The van der Waals surface area contributed by atoms with E-state index in [1.54, 1.807) is 0 Å². The van der Waals surface area contributed by atoms with Gasteiger partial charge in [-0.2, -0.15) is 5.26 Å². The van der Waals surface area contributed by atoms with E-state index in [2.05, 4.69) is 54.2 Å². The number of halogens is 1. The van der Waals surface area contributed by atoms with E-state index in [-0.39, 0.29) is 5.54 Å². The summed E-state index contributed by atoms with van der Waals surface area (Å²) in [6, 6.07) is 7.79. The molecule has 0 atom stereocenters. The quantitative estimate of drug-likeness (QED) is 0.784. The van der Waals surface area contributed by atoms with Gasteiger partial charge in [0, 0.05) is 16.6 Å². The topological polar surface area (TPSA) is 27.0 Å². The SMILES string of the molecule is C=CCN(c1ccc(C#N)cc1Br)C(C)(C)C. The van der Waals surface area contributed by atoms with Crippen LogP contribution in [0.1, 0.15) is 26.3 Å². The molecule has 2 nitrogen and oxygen atoms in total. The number of hydrogen-bond donors (Lipinski definition) is 0. The first kappa shape index (κ1) is 13.8. The van der Waals surface area contributed by atoms with Crippen molar-refractivity contribution >= 4 is 21.6 Å². The number of nitriles is 1. The van der Waals surface area contributed by atoms with Gasteiger partial charge >= 0.3 is 0 Å². The van der Waals surface area contributed by atoms with Crippen molar-refractivity contribution in [3.8, 4) is 6.07 Å². The molecule has 17 heavy (non-hydrogen) atoms. The fraction of sp³-hybridized carbons (Fsp3) is 0.357. The van der Waals surface area contributed by atoms with Gasteiger partial charge in [0.2, 0.25) is 0 Å². The summed E-state index contributed by atoms with van der Waals surface area (Å²) in [6.45, 7) is 11.0. The van der Waals surface area contributed by atoms with Crippen molar-refractivity contribution in [2.75, 3.05) is 11.4 Å². The molecule has 0 unspecified atom stereocenters. The molecule has 0 aliphatic carbocycles. The van der Waals surface area contributed by atoms with Gasteiger partial charge in [0.15, 0.2) is 0 Å². The largest absolute Gasteiger partial charge is 0.362 e. The molecule has 1 rings (SSSR count). The zero-order valence-electron chi connectivity index (χ0n) is 10.5. The number of rotatable bonds is 3. The van der Waals surface area contributed by atoms with E-state index in [1.165, 1.54) is 0 Å². The van der Waals surface area contributed by atoms with Crippen LogP contribution in [0, 0.1) is 11.3 Å². The lowest BCUT2D eigenvalue weighted by Crippen LogP contribution is -2.41. The summed E-state index contributed by atoms with van der Waals surface area (Å²) in [5.74, 6) is 0. The van der Waals surface area contributed by atoms with Crippen LogP contribution in [0.15, 0.2) is 35.3 Å². The second-order valence-corrected chi connectivity index (χ2v) is 5.70. The van der Waals surface area contributed by atoms with Gasteiger partial charge in [-0.1, -0.05) is 6.08 Å². The average Bonchev–Trinajstić information content (AvgIpc) is 2.25. The van der Waals surface area contributed by atoms with Crippen LogP contribution in [0.2, 0.25) is 0 Å². The van der Waals surface area contributed by atoms with Gasteiger partial charge in [0.05, 0.1) is 17.3 Å². The van der Waals surface area contributed by atoms with E-state index in [1.807, 2.05) is 24.3 Å². The van der Waals surface area contributed by atoms with Crippen molar-refractivity contribution in [1.82, 2.24) is 0 Å². The molecule has 0 bridgehead atoms. The van der Waals surface area contributed by atoms with Crippen LogP contribution >= 0.6 is 15.9 Å². The first-order valence-corrected chi connectivity index (χ1v) is 6.27. The summed E-state index contributed by atoms with van der Waals surface area (Å²) in [6.07, 6.45) is 1.88. The summed E-state index contributed by atoms with van der Waals surface area (Å²) in [7, 11) is 0. The zero-order chi connectivity index (χ0) is 13.1. The minimum Gasteiger partial charge on any atom is -0.362 e. The Morgan fingerprint density at radius 1 is 1.47 bits per heavy atom. The monoisotopic (exact) mass is 292 g/mol. The van der Waals surface area contributed by atoms with Gasteiger partial charge in [0.1, 0.15) is 0 Å². The van der Waals surface area contributed by atoms with Gasteiger partial charge in [-0.05, 0) is 54.9 Å². The van der Waals surface area contributed by atoms with Gasteiger partial charge in [0.25, 0.3) is 0 Å².